The van der Waals surface area contributed by atoms with E-state index in [2.05, 4.69) is 10.5 Å². The van der Waals surface area contributed by atoms with Gasteiger partial charge in [-0.1, -0.05) is 18.2 Å². The van der Waals surface area contributed by atoms with E-state index < -0.39 is 34.2 Å². The first-order valence-electron chi connectivity index (χ1n) is 10.9. The molecule has 3 aromatic carbocycles. The fourth-order valence-corrected chi connectivity index (χ4v) is 4.81. The van der Waals surface area contributed by atoms with Crippen LogP contribution >= 0.6 is 0 Å². The third kappa shape index (κ3) is 6.54. The summed E-state index contributed by atoms with van der Waals surface area (Å²) in [5.74, 6) is 0.00880. The van der Waals surface area contributed by atoms with Gasteiger partial charge in [0, 0.05) is 11.6 Å². The molecule has 3 rings (SSSR count). The third-order valence-electron chi connectivity index (χ3n) is 5.25. The van der Waals surface area contributed by atoms with E-state index in [1.165, 1.54) is 82.0 Å². The van der Waals surface area contributed by atoms with Crippen LogP contribution in [0.2, 0.25) is 0 Å². The number of hydrazone groups is 1. The second-order valence-corrected chi connectivity index (χ2v) is 9.47. The smallest absolute Gasteiger partial charge is 0.417 e. The predicted molar refractivity (Wildman–Crippen MR) is 134 cm³/mol. The normalized spacial score (nSPS) is 11.7. The lowest BCUT2D eigenvalue weighted by Gasteiger charge is -2.24. The summed E-state index contributed by atoms with van der Waals surface area (Å²) < 4.78 is 83.0. The maximum Gasteiger partial charge on any atom is 0.417 e. The molecular weight excluding hydrogens is 527 g/mol. The van der Waals surface area contributed by atoms with Gasteiger partial charge in [-0.15, -0.1) is 0 Å². The molecule has 0 heterocycles. The van der Waals surface area contributed by atoms with Crippen molar-refractivity contribution in [3.8, 4) is 17.2 Å². The molecule has 0 bridgehead atoms. The van der Waals surface area contributed by atoms with Gasteiger partial charge < -0.3 is 14.2 Å². The van der Waals surface area contributed by atoms with E-state index in [9.17, 15) is 26.4 Å². The molecule has 0 spiro atoms. The molecule has 0 unspecified atom stereocenters. The number of alkyl halides is 3. The Morgan fingerprint density at radius 1 is 0.947 bits per heavy atom. The number of nitrogens with one attached hydrogen (secondary N) is 1. The minimum atomic E-state index is -4.62. The van der Waals surface area contributed by atoms with E-state index >= 15 is 0 Å². The van der Waals surface area contributed by atoms with Crippen molar-refractivity contribution in [3.63, 3.8) is 0 Å². The van der Waals surface area contributed by atoms with Crippen LogP contribution in [0, 0.1) is 0 Å². The Morgan fingerprint density at radius 3 is 2.21 bits per heavy atom. The number of halogens is 3. The molecule has 0 aliphatic carbocycles. The average Bonchev–Trinajstić information content (AvgIpc) is 2.91. The number of rotatable bonds is 10. The van der Waals surface area contributed by atoms with Crippen molar-refractivity contribution in [2.45, 2.75) is 11.1 Å². The topological polar surface area (TPSA) is 107 Å². The number of carbonyl (C=O) groups is 1. The zero-order valence-electron chi connectivity index (χ0n) is 20.5. The molecule has 0 aromatic heterocycles. The Morgan fingerprint density at radius 2 is 1.61 bits per heavy atom. The molecule has 3 aromatic rings. The summed E-state index contributed by atoms with van der Waals surface area (Å²) in [5, 5.41) is 3.59. The van der Waals surface area contributed by atoms with Gasteiger partial charge in [-0.2, -0.15) is 18.3 Å². The van der Waals surface area contributed by atoms with Crippen LogP contribution in [-0.4, -0.2) is 48.4 Å². The summed E-state index contributed by atoms with van der Waals surface area (Å²) in [7, 11) is -0.152. The standard InChI is InChI=1S/C25H24F3N3O6S/c1-35-19-10-8-18(9-11-19)31(38(33,34)20-12-13-22(36-2)23(14-20)37-3)16-24(32)30-29-15-17-6-4-5-7-21(17)25(26,27)28/h4-15H,16H2,1-3H3,(H,30,32)/b29-15+. The van der Waals surface area contributed by atoms with Crippen LogP contribution in [0.3, 0.4) is 0 Å². The molecule has 9 nitrogen and oxygen atoms in total. The van der Waals surface area contributed by atoms with Gasteiger partial charge in [0.1, 0.15) is 12.3 Å². The molecule has 0 fully saturated rings. The van der Waals surface area contributed by atoms with Crippen molar-refractivity contribution in [1.29, 1.82) is 0 Å². The SMILES string of the molecule is COc1ccc(N(CC(=O)N/N=C/c2ccccc2C(F)(F)F)S(=O)(=O)c2ccc(OC)c(OC)c2)cc1. The summed E-state index contributed by atoms with van der Waals surface area (Å²) in [4.78, 5) is 12.5. The number of carbonyl (C=O) groups excluding carboxylic acids is 1. The third-order valence-corrected chi connectivity index (χ3v) is 7.02. The van der Waals surface area contributed by atoms with Gasteiger partial charge in [-0.25, -0.2) is 13.8 Å². The molecule has 0 atom stereocenters. The molecule has 0 radical (unpaired) electrons. The van der Waals surface area contributed by atoms with E-state index in [0.717, 1.165) is 16.6 Å². The first-order chi connectivity index (χ1) is 18.0. The number of hydrogen-bond acceptors (Lipinski definition) is 7. The average molecular weight is 552 g/mol. The van der Waals surface area contributed by atoms with Gasteiger partial charge >= 0.3 is 6.18 Å². The van der Waals surface area contributed by atoms with Crippen LogP contribution in [0.1, 0.15) is 11.1 Å². The predicted octanol–water partition coefficient (Wildman–Crippen LogP) is 4.08. The highest BCUT2D eigenvalue weighted by molar-refractivity contribution is 7.92. The maximum atomic E-state index is 13.6. The van der Waals surface area contributed by atoms with Gasteiger partial charge in [-0.05, 0) is 42.5 Å². The largest absolute Gasteiger partial charge is 0.497 e. The molecule has 0 saturated carbocycles. The van der Waals surface area contributed by atoms with Crippen molar-refractivity contribution in [2.75, 3.05) is 32.2 Å². The molecule has 0 saturated heterocycles. The van der Waals surface area contributed by atoms with Gasteiger partial charge in [0.15, 0.2) is 11.5 Å². The van der Waals surface area contributed by atoms with E-state index in [0.29, 0.717) is 11.5 Å². The zero-order valence-corrected chi connectivity index (χ0v) is 21.3. The Hall–Kier alpha value is -4.26. The van der Waals surface area contributed by atoms with E-state index in [4.69, 9.17) is 14.2 Å². The molecule has 13 heteroatoms. The zero-order chi connectivity index (χ0) is 27.9. The van der Waals surface area contributed by atoms with E-state index in [1.807, 2.05) is 0 Å². The number of sulfonamides is 1. The molecule has 1 N–H and O–H groups in total. The highest BCUT2D eigenvalue weighted by atomic mass is 32.2. The van der Waals surface area contributed by atoms with Gasteiger partial charge in [0.05, 0.1) is 43.7 Å². The number of anilines is 1. The monoisotopic (exact) mass is 551 g/mol. The molecule has 1 amide bonds. The quantitative estimate of drug-likeness (QED) is 0.301. The number of amides is 1. The minimum absolute atomic E-state index is 0.127. The Bertz CT molecular complexity index is 1410. The maximum absolute atomic E-state index is 13.6. The van der Waals surface area contributed by atoms with E-state index in [1.54, 1.807) is 0 Å². The summed E-state index contributed by atoms with van der Waals surface area (Å²) in [6.45, 7) is -0.735. The highest BCUT2D eigenvalue weighted by Crippen LogP contribution is 2.33. The second-order valence-electron chi connectivity index (χ2n) is 7.60. The second kappa shape index (κ2) is 11.9. The Balaban J connectivity index is 1.91. The summed E-state index contributed by atoms with van der Waals surface area (Å²) in [6, 6.07) is 14.5. The first kappa shape index (κ1) is 28.3. The first-order valence-corrected chi connectivity index (χ1v) is 12.3. The lowest BCUT2D eigenvalue weighted by atomic mass is 10.1. The minimum Gasteiger partial charge on any atom is -0.497 e. The summed E-state index contributed by atoms with van der Waals surface area (Å²) in [6.07, 6.45) is -3.79. The van der Waals surface area contributed by atoms with Crippen molar-refractivity contribution in [3.05, 3.63) is 77.9 Å². The number of hydrogen-bond donors (Lipinski definition) is 1. The Labute approximate surface area is 217 Å². The lowest BCUT2D eigenvalue weighted by Crippen LogP contribution is -2.39. The fraction of sp³-hybridized carbons (Fsp3) is 0.200. The number of ether oxygens (including phenoxy) is 3. The van der Waals surface area contributed by atoms with Crippen molar-refractivity contribution in [1.82, 2.24) is 5.43 Å². The van der Waals surface area contributed by atoms with Crippen LogP contribution in [0.15, 0.2) is 76.7 Å². The fourth-order valence-electron chi connectivity index (χ4n) is 3.38. The molecular formula is C25H24F3N3O6S. The van der Waals surface area contributed by atoms with E-state index in [-0.39, 0.29) is 21.9 Å². The Kier molecular flexibility index (Phi) is 8.84. The van der Waals surface area contributed by atoms with Crippen molar-refractivity contribution >= 4 is 27.8 Å². The lowest BCUT2D eigenvalue weighted by molar-refractivity contribution is -0.137. The molecule has 0 aliphatic heterocycles. The highest BCUT2D eigenvalue weighted by Gasteiger charge is 2.32. The van der Waals surface area contributed by atoms with Crippen LogP contribution in [0.5, 0.6) is 17.2 Å². The molecule has 38 heavy (non-hydrogen) atoms. The van der Waals surface area contributed by atoms with Crippen LogP contribution in [0.25, 0.3) is 0 Å². The van der Waals surface area contributed by atoms with Crippen LogP contribution in [0.4, 0.5) is 18.9 Å². The number of nitrogens with zero attached hydrogens (tertiary/aromatic N) is 2. The van der Waals surface area contributed by atoms with Gasteiger partial charge in [-0.3, -0.25) is 9.10 Å². The van der Waals surface area contributed by atoms with Crippen LogP contribution in [-0.2, 0) is 21.0 Å². The van der Waals surface area contributed by atoms with Crippen molar-refractivity contribution < 1.29 is 40.6 Å². The number of methoxy groups -OCH3 is 3. The van der Waals surface area contributed by atoms with Gasteiger partial charge in [0.2, 0.25) is 0 Å². The summed E-state index contributed by atoms with van der Waals surface area (Å²) in [5.41, 5.74) is 1.00. The van der Waals surface area contributed by atoms with Crippen molar-refractivity contribution in [2.24, 2.45) is 5.10 Å². The number of benzene rings is 3. The van der Waals surface area contributed by atoms with Gasteiger partial charge in [0.25, 0.3) is 15.9 Å². The summed E-state index contributed by atoms with van der Waals surface area (Å²) >= 11 is 0. The molecule has 0 aliphatic rings. The molecule has 202 valence electrons. The van der Waals surface area contributed by atoms with Crippen LogP contribution < -0.4 is 23.9 Å².